The summed E-state index contributed by atoms with van der Waals surface area (Å²) in [6.45, 7) is 0. The maximum atomic E-state index is 8.98. The first kappa shape index (κ1) is 10.3. The summed E-state index contributed by atoms with van der Waals surface area (Å²) < 4.78 is -0.889. The number of hydrogen-bond acceptors (Lipinski definition) is 2. The quantitative estimate of drug-likeness (QED) is 0.507. The summed E-state index contributed by atoms with van der Waals surface area (Å²) in [6.07, 6.45) is 0. The predicted octanol–water partition coefficient (Wildman–Crippen LogP) is 2.85. The second-order valence-corrected chi connectivity index (χ2v) is 2.52. The van der Waals surface area contributed by atoms with Gasteiger partial charge in [0.25, 0.3) is 0 Å². The van der Waals surface area contributed by atoms with Crippen molar-refractivity contribution < 1.29 is 4.79 Å². The van der Waals surface area contributed by atoms with Crippen LogP contribution in [0.15, 0.2) is 30.3 Å². The Morgan fingerprint density at radius 1 is 1.18 bits per heavy atom. The van der Waals surface area contributed by atoms with Gasteiger partial charge in [-0.3, -0.25) is 4.79 Å². The van der Waals surface area contributed by atoms with Gasteiger partial charge in [-0.15, -0.1) is 0 Å². The fourth-order valence-corrected chi connectivity index (χ4v) is 0.453. The van der Waals surface area contributed by atoms with E-state index in [1.54, 1.807) is 0 Å². The molecule has 11 heavy (non-hydrogen) atoms. The van der Waals surface area contributed by atoms with E-state index in [1.165, 1.54) is 0 Å². The minimum absolute atomic E-state index is 0.822. The topological polar surface area (TPSA) is 43.1 Å². The molecular weight excluding hydrogens is 185 g/mol. The molecule has 0 heterocycles. The summed E-state index contributed by atoms with van der Waals surface area (Å²) >= 11 is 8.80. The molecule has 0 saturated carbocycles. The Bertz CT molecular complexity index is 209. The molecule has 0 aliphatic heterocycles. The largest absolute Gasteiger partial charge is 0.399 e. The van der Waals surface area contributed by atoms with E-state index in [0.29, 0.717) is 0 Å². The third kappa shape index (κ3) is 9.27. The van der Waals surface area contributed by atoms with E-state index in [2.05, 4.69) is 23.2 Å². The van der Waals surface area contributed by atoms with Crippen LogP contribution in [-0.4, -0.2) is 4.70 Å². The SMILES string of the molecule is Nc1ccccc1.O=C(Cl)Cl. The summed E-state index contributed by atoms with van der Waals surface area (Å²) in [5, 5.41) is 0. The van der Waals surface area contributed by atoms with Gasteiger partial charge in [-0.2, -0.15) is 0 Å². The van der Waals surface area contributed by atoms with Gasteiger partial charge >= 0.3 is 4.70 Å². The number of nitrogen functional groups attached to an aromatic ring is 1. The molecule has 0 fully saturated rings. The van der Waals surface area contributed by atoms with Crippen molar-refractivity contribution in [2.75, 3.05) is 5.73 Å². The molecule has 60 valence electrons. The summed E-state index contributed by atoms with van der Waals surface area (Å²) in [5.41, 5.74) is 6.18. The molecule has 0 unspecified atom stereocenters. The first-order valence-corrected chi connectivity index (χ1v) is 3.54. The van der Waals surface area contributed by atoms with Crippen LogP contribution >= 0.6 is 23.2 Å². The Hall–Kier alpha value is -0.730. The first-order valence-electron chi connectivity index (χ1n) is 2.78. The Labute approximate surface area is 74.9 Å². The van der Waals surface area contributed by atoms with Crippen molar-refractivity contribution >= 4 is 33.6 Å². The van der Waals surface area contributed by atoms with Crippen LogP contribution in [0.1, 0.15) is 0 Å². The van der Waals surface area contributed by atoms with Gasteiger partial charge in [0.05, 0.1) is 0 Å². The molecule has 1 aromatic rings. The van der Waals surface area contributed by atoms with Gasteiger partial charge in [-0.1, -0.05) is 18.2 Å². The van der Waals surface area contributed by atoms with Crippen LogP contribution in [-0.2, 0) is 0 Å². The van der Waals surface area contributed by atoms with Crippen LogP contribution in [0.3, 0.4) is 0 Å². The van der Waals surface area contributed by atoms with Crippen LogP contribution in [0.25, 0.3) is 0 Å². The lowest BCUT2D eigenvalue weighted by Crippen LogP contribution is -1.79. The summed E-state index contributed by atoms with van der Waals surface area (Å²) in [5.74, 6) is 0. The standard InChI is InChI=1S/C6H7N.CCl2O/c7-6-4-2-1-3-5-6;2-1(3)4/h1-5H,7H2;. The predicted molar refractivity (Wildman–Crippen MR) is 48.0 cm³/mol. The van der Waals surface area contributed by atoms with E-state index in [0.717, 1.165) is 5.69 Å². The van der Waals surface area contributed by atoms with Gasteiger partial charge in [0, 0.05) is 5.69 Å². The highest BCUT2D eigenvalue weighted by Gasteiger charge is 1.72. The molecule has 0 aromatic heterocycles. The fourth-order valence-electron chi connectivity index (χ4n) is 0.453. The lowest BCUT2D eigenvalue weighted by molar-refractivity contribution is 0.275. The molecule has 0 amide bonds. The van der Waals surface area contributed by atoms with E-state index in [1.807, 2.05) is 30.3 Å². The highest BCUT2D eigenvalue weighted by Crippen LogP contribution is 1.95. The Kier molecular flexibility index (Phi) is 5.61. The summed E-state index contributed by atoms with van der Waals surface area (Å²) in [6, 6.07) is 9.49. The number of carbonyl (C=O) groups excluding carboxylic acids is 1. The van der Waals surface area contributed by atoms with Gasteiger partial charge in [0.2, 0.25) is 0 Å². The van der Waals surface area contributed by atoms with E-state index in [9.17, 15) is 0 Å². The van der Waals surface area contributed by atoms with Crippen LogP contribution in [0, 0.1) is 0 Å². The Morgan fingerprint density at radius 2 is 1.55 bits per heavy atom. The van der Waals surface area contributed by atoms with E-state index >= 15 is 0 Å². The minimum atomic E-state index is -0.889. The van der Waals surface area contributed by atoms with Crippen molar-refractivity contribution in [2.24, 2.45) is 0 Å². The number of para-hydroxylation sites is 1. The average molecular weight is 192 g/mol. The molecule has 0 aliphatic rings. The normalized spacial score (nSPS) is 7.82. The maximum Gasteiger partial charge on any atom is 0.313 e. The van der Waals surface area contributed by atoms with Gasteiger partial charge in [0.1, 0.15) is 0 Å². The van der Waals surface area contributed by atoms with E-state index < -0.39 is 4.70 Å². The van der Waals surface area contributed by atoms with Crippen molar-refractivity contribution in [1.29, 1.82) is 0 Å². The molecule has 0 radical (unpaired) electrons. The highest BCUT2D eigenvalue weighted by atomic mass is 35.5. The maximum absolute atomic E-state index is 8.98. The number of nitrogens with two attached hydrogens (primary N) is 1. The second kappa shape index (κ2) is 6.01. The zero-order valence-corrected chi connectivity index (χ0v) is 7.14. The summed E-state index contributed by atoms with van der Waals surface area (Å²) in [7, 11) is 0. The number of benzene rings is 1. The van der Waals surface area contributed by atoms with Gasteiger partial charge in [-0.05, 0) is 35.3 Å². The summed E-state index contributed by atoms with van der Waals surface area (Å²) in [4.78, 5) is 8.98. The molecule has 0 aliphatic carbocycles. The van der Waals surface area contributed by atoms with Crippen molar-refractivity contribution in [2.45, 2.75) is 0 Å². The second-order valence-electron chi connectivity index (χ2n) is 1.64. The number of rotatable bonds is 0. The fraction of sp³-hybridized carbons (Fsp3) is 0. The molecule has 0 saturated heterocycles. The molecule has 0 atom stereocenters. The van der Waals surface area contributed by atoms with Gasteiger partial charge < -0.3 is 5.73 Å². The van der Waals surface area contributed by atoms with Gasteiger partial charge in [-0.25, -0.2) is 0 Å². The lowest BCUT2D eigenvalue weighted by atomic mass is 10.3. The van der Waals surface area contributed by atoms with Crippen molar-refractivity contribution in [1.82, 2.24) is 0 Å². The number of hydrogen-bond donors (Lipinski definition) is 1. The lowest BCUT2D eigenvalue weighted by Gasteiger charge is -1.83. The molecule has 0 spiro atoms. The third-order valence-corrected chi connectivity index (χ3v) is 0.800. The zero-order valence-electron chi connectivity index (χ0n) is 5.63. The molecule has 4 heteroatoms. The van der Waals surface area contributed by atoms with Crippen LogP contribution < -0.4 is 5.73 Å². The molecule has 1 rings (SSSR count). The monoisotopic (exact) mass is 191 g/mol. The number of anilines is 1. The third-order valence-electron chi connectivity index (χ3n) is 0.800. The van der Waals surface area contributed by atoms with Crippen molar-refractivity contribution in [3.63, 3.8) is 0 Å². The Morgan fingerprint density at radius 3 is 1.73 bits per heavy atom. The van der Waals surface area contributed by atoms with Gasteiger partial charge in [0.15, 0.2) is 0 Å². The molecule has 2 N–H and O–H groups in total. The van der Waals surface area contributed by atoms with Crippen LogP contribution in [0.5, 0.6) is 0 Å². The Balaban J connectivity index is 0.000000218. The molecule has 0 bridgehead atoms. The minimum Gasteiger partial charge on any atom is -0.399 e. The molecule has 2 nitrogen and oxygen atoms in total. The first-order chi connectivity index (χ1) is 5.13. The van der Waals surface area contributed by atoms with E-state index in [-0.39, 0.29) is 0 Å². The van der Waals surface area contributed by atoms with E-state index in [4.69, 9.17) is 10.5 Å². The van der Waals surface area contributed by atoms with Crippen LogP contribution in [0.2, 0.25) is 0 Å². The number of carbonyl (C=O) groups is 1. The average Bonchev–Trinajstić information content (AvgIpc) is 1.87. The zero-order chi connectivity index (χ0) is 8.69. The number of halogens is 2. The molecular formula is C7H7Cl2NO. The van der Waals surface area contributed by atoms with Crippen molar-refractivity contribution in [3.05, 3.63) is 30.3 Å². The molecule has 1 aromatic carbocycles. The van der Waals surface area contributed by atoms with Crippen LogP contribution in [0.4, 0.5) is 10.5 Å². The van der Waals surface area contributed by atoms with Crippen molar-refractivity contribution in [3.8, 4) is 0 Å². The highest BCUT2D eigenvalue weighted by molar-refractivity contribution is 6.93. The smallest absolute Gasteiger partial charge is 0.313 e.